The van der Waals surface area contributed by atoms with Crippen molar-refractivity contribution in [2.75, 3.05) is 0 Å². The molecule has 0 spiro atoms. The third kappa shape index (κ3) is 4.31. The third-order valence-corrected chi connectivity index (χ3v) is 5.46. The van der Waals surface area contributed by atoms with Crippen LogP contribution in [0.5, 0.6) is 5.75 Å². The number of nitrogens with zero attached hydrogens (tertiary/aromatic N) is 3. The van der Waals surface area contributed by atoms with Gasteiger partial charge in [-0.1, -0.05) is 49.4 Å². The lowest BCUT2D eigenvalue weighted by Crippen LogP contribution is -1.99. The first-order valence-corrected chi connectivity index (χ1v) is 10.5. The van der Waals surface area contributed by atoms with Crippen LogP contribution < -0.4 is 4.74 Å². The Bertz CT molecular complexity index is 1240. The maximum Gasteiger partial charge on any atom is 0.216 e. The molecule has 146 valence electrons. The van der Waals surface area contributed by atoms with Gasteiger partial charge in [0.05, 0.1) is 10.7 Å². The fourth-order valence-corrected chi connectivity index (χ4v) is 3.79. The molecule has 29 heavy (non-hydrogen) atoms. The van der Waals surface area contributed by atoms with Crippen LogP contribution >= 0.6 is 28.1 Å². The minimum absolute atomic E-state index is 0.479. The zero-order valence-electron chi connectivity index (χ0n) is 15.8. The number of hydrogen-bond donors (Lipinski definition) is 1. The summed E-state index contributed by atoms with van der Waals surface area (Å²) < 4.78 is 9.04. The minimum atomic E-state index is 0.479. The van der Waals surface area contributed by atoms with Gasteiger partial charge in [-0.15, -0.1) is 0 Å². The predicted octanol–water partition coefficient (Wildman–Crippen LogP) is 5.88. The molecular formula is C22H19BrN4OS. The summed E-state index contributed by atoms with van der Waals surface area (Å²) in [4.78, 5) is 0. The van der Waals surface area contributed by atoms with Crippen molar-refractivity contribution in [2.24, 2.45) is 5.10 Å². The number of aromatic nitrogens is 3. The van der Waals surface area contributed by atoms with E-state index in [0.717, 1.165) is 33.6 Å². The standard InChI is InChI=1S/C22H19BrN4OS/c1-2-21-25-26-22(29)27(21)24-13-15-10-11-20(19(23)12-15)28-14-17-8-5-7-16-6-3-4-9-18(16)17/h3-13H,2,14H2,1H3,(H,26,29)/b24-13-. The van der Waals surface area contributed by atoms with Crippen molar-refractivity contribution in [1.82, 2.24) is 14.9 Å². The highest BCUT2D eigenvalue weighted by atomic mass is 79.9. The van der Waals surface area contributed by atoms with E-state index in [0.29, 0.717) is 11.4 Å². The molecule has 1 heterocycles. The molecule has 5 nitrogen and oxygen atoms in total. The Labute approximate surface area is 182 Å². The SMILES string of the molecule is CCc1n[nH]c(=S)n1/N=C\c1ccc(OCc2cccc3ccccc23)c(Br)c1. The van der Waals surface area contributed by atoms with Gasteiger partial charge < -0.3 is 4.74 Å². The molecule has 3 aromatic carbocycles. The molecule has 7 heteroatoms. The Morgan fingerprint density at radius 3 is 2.83 bits per heavy atom. The van der Waals surface area contributed by atoms with Crippen LogP contribution in [0.2, 0.25) is 0 Å². The van der Waals surface area contributed by atoms with Crippen LogP contribution in [-0.2, 0) is 13.0 Å². The first kappa shape index (κ1) is 19.5. The highest BCUT2D eigenvalue weighted by Crippen LogP contribution is 2.27. The molecule has 4 rings (SSSR count). The number of halogens is 1. The monoisotopic (exact) mass is 466 g/mol. The van der Waals surface area contributed by atoms with E-state index in [-0.39, 0.29) is 0 Å². The van der Waals surface area contributed by atoms with Crippen molar-refractivity contribution in [3.63, 3.8) is 0 Å². The van der Waals surface area contributed by atoms with Crippen LogP contribution in [0, 0.1) is 4.77 Å². The number of H-pyrrole nitrogens is 1. The molecule has 1 aromatic heterocycles. The lowest BCUT2D eigenvalue weighted by Gasteiger charge is -2.11. The van der Waals surface area contributed by atoms with E-state index < -0.39 is 0 Å². The van der Waals surface area contributed by atoms with Gasteiger partial charge in [-0.2, -0.15) is 14.9 Å². The summed E-state index contributed by atoms with van der Waals surface area (Å²) in [6.45, 7) is 2.51. The second kappa shape index (κ2) is 8.71. The molecular weight excluding hydrogens is 448 g/mol. The maximum absolute atomic E-state index is 6.06. The Hall–Kier alpha value is -2.77. The van der Waals surface area contributed by atoms with Gasteiger partial charge in [0.25, 0.3) is 0 Å². The van der Waals surface area contributed by atoms with Gasteiger partial charge in [0.2, 0.25) is 4.77 Å². The number of aryl methyl sites for hydroxylation is 1. The second-order valence-electron chi connectivity index (χ2n) is 6.47. The zero-order chi connectivity index (χ0) is 20.2. The molecule has 1 N–H and O–H groups in total. The van der Waals surface area contributed by atoms with E-state index in [4.69, 9.17) is 17.0 Å². The van der Waals surface area contributed by atoms with Crippen molar-refractivity contribution in [1.29, 1.82) is 0 Å². The Balaban J connectivity index is 1.51. The fraction of sp³-hybridized carbons (Fsp3) is 0.136. The average molecular weight is 467 g/mol. The summed E-state index contributed by atoms with van der Waals surface area (Å²) in [7, 11) is 0. The summed E-state index contributed by atoms with van der Waals surface area (Å²) in [6.07, 6.45) is 2.50. The first-order valence-electron chi connectivity index (χ1n) is 9.25. The Morgan fingerprint density at radius 1 is 1.17 bits per heavy atom. The van der Waals surface area contributed by atoms with Crippen molar-refractivity contribution in [3.8, 4) is 5.75 Å². The van der Waals surface area contributed by atoms with Crippen molar-refractivity contribution in [3.05, 3.63) is 86.9 Å². The lowest BCUT2D eigenvalue weighted by molar-refractivity contribution is 0.305. The highest BCUT2D eigenvalue weighted by Gasteiger charge is 2.06. The van der Waals surface area contributed by atoms with Gasteiger partial charge in [-0.25, -0.2) is 0 Å². The number of benzene rings is 3. The number of hydrogen-bond acceptors (Lipinski definition) is 4. The molecule has 0 saturated heterocycles. The van der Waals surface area contributed by atoms with Gasteiger partial charge in [0, 0.05) is 6.42 Å². The van der Waals surface area contributed by atoms with Crippen LogP contribution in [0.15, 0.2) is 70.2 Å². The van der Waals surface area contributed by atoms with Crippen LogP contribution in [0.3, 0.4) is 0 Å². The van der Waals surface area contributed by atoms with Gasteiger partial charge in [0.1, 0.15) is 12.4 Å². The maximum atomic E-state index is 6.06. The molecule has 0 fully saturated rings. The summed E-state index contributed by atoms with van der Waals surface area (Å²) in [5.74, 6) is 1.57. The van der Waals surface area contributed by atoms with E-state index >= 15 is 0 Å². The summed E-state index contributed by atoms with van der Waals surface area (Å²) in [5.41, 5.74) is 2.08. The predicted molar refractivity (Wildman–Crippen MR) is 122 cm³/mol. The first-order chi connectivity index (χ1) is 14.2. The molecule has 0 amide bonds. The number of ether oxygens (including phenoxy) is 1. The number of fused-ring (bicyclic) bond motifs is 1. The van der Waals surface area contributed by atoms with Gasteiger partial charge >= 0.3 is 0 Å². The Morgan fingerprint density at radius 2 is 2.00 bits per heavy atom. The van der Waals surface area contributed by atoms with E-state index in [2.05, 4.69) is 61.6 Å². The van der Waals surface area contributed by atoms with Crippen LogP contribution in [0.25, 0.3) is 10.8 Å². The molecule has 0 aliphatic rings. The molecule has 0 atom stereocenters. The van der Waals surface area contributed by atoms with E-state index in [1.165, 1.54) is 10.8 Å². The summed E-state index contributed by atoms with van der Waals surface area (Å²) >= 11 is 8.82. The molecule has 0 bridgehead atoms. The van der Waals surface area contributed by atoms with E-state index in [9.17, 15) is 0 Å². The van der Waals surface area contributed by atoms with Crippen LogP contribution in [0.4, 0.5) is 0 Å². The summed E-state index contributed by atoms with van der Waals surface area (Å²) in [6, 6.07) is 20.5. The smallest absolute Gasteiger partial charge is 0.216 e. The summed E-state index contributed by atoms with van der Waals surface area (Å²) in [5, 5.41) is 13.8. The van der Waals surface area contributed by atoms with Gasteiger partial charge in [-0.3, -0.25) is 5.10 Å². The van der Waals surface area contributed by atoms with E-state index in [1.54, 1.807) is 10.9 Å². The van der Waals surface area contributed by atoms with Gasteiger partial charge in [0.15, 0.2) is 5.82 Å². The lowest BCUT2D eigenvalue weighted by atomic mass is 10.1. The van der Waals surface area contributed by atoms with Crippen molar-refractivity contribution >= 4 is 45.1 Å². The van der Waals surface area contributed by atoms with Crippen molar-refractivity contribution < 1.29 is 4.74 Å². The zero-order valence-corrected chi connectivity index (χ0v) is 18.2. The second-order valence-corrected chi connectivity index (χ2v) is 7.71. The Kier molecular flexibility index (Phi) is 5.87. The molecule has 4 aromatic rings. The third-order valence-electron chi connectivity index (χ3n) is 4.58. The normalized spacial score (nSPS) is 11.4. The highest BCUT2D eigenvalue weighted by molar-refractivity contribution is 9.10. The van der Waals surface area contributed by atoms with Crippen molar-refractivity contribution in [2.45, 2.75) is 20.0 Å². The average Bonchev–Trinajstić information content (AvgIpc) is 3.11. The molecule has 0 saturated carbocycles. The minimum Gasteiger partial charge on any atom is -0.488 e. The molecule has 0 aliphatic heterocycles. The van der Waals surface area contributed by atoms with E-state index in [1.807, 2.05) is 37.3 Å². The number of nitrogens with one attached hydrogen (secondary N) is 1. The number of aromatic amines is 1. The van der Waals surface area contributed by atoms with Crippen LogP contribution in [0.1, 0.15) is 23.9 Å². The molecule has 0 radical (unpaired) electrons. The largest absolute Gasteiger partial charge is 0.488 e. The molecule has 0 aliphatic carbocycles. The topological polar surface area (TPSA) is 55.2 Å². The van der Waals surface area contributed by atoms with Crippen LogP contribution in [-0.4, -0.2) is 21.1 Å². The quantitative estimate of drug-likeness (QED) is 0.285. The molecule has 0 unspecified atom stereocenters. The van der Waals surface area contributed by atoms with Gasteiger partial charge in [-0.05, 0) is 68.2 Å². The fourth-order valence-electron chi connectivity index (χ4n) is 3.08. The number of rotatable bonds is 6.